The summed E-state index contributed by atoms with van der Waals surface area (Å²) in [6.07, 6.45) is 2.07. The highest BCUT2D eigenvalue weighted by molar-refractivity contribution is 5.90. The van der Waals surface area contributed by atoms with Crippen molar-refractivity contribution in [1.82, 2.24) is 9.47 Å². The van der Waals surface area contributed by atoms with Crippen molar-refractivity contribution in [2.24, 2.45) is 0 Å². The molecule has 0 bridgehead atoms. The summed E-state index contributed by atoms with van der Waals surface area (Å²) >= 11 is 0. The second-order valence-corrected chi connectivity index (χ2v) is 6.91. The maximum absolute atomic E-state index is 13.1. The van der Waals surface area contributed by atoms with Gasteiger partial charge in [0.2, 0.25) is 0 Å². The molecule has 1 N–H and O–H groups in total. The zero-order valence-corrected chi connectivity index (χ0v) is 15.4. The third-order valence-corrected chi connectivity index (χ3v) is 5.37. The number of amides is 2. The Balaban J connectivity index is 1.71. The van der Waals surface area contributed by atoms with Gasteiger partial charge in [0.25, 0.3) is 0 Å². The molecule has 4 heteroatoms. The quantitative estimate of drug-likeness (QED) is 0.646. The van der Waals surface area contributed by atoms with Crippen LogP contribution in [-0.2, 0) is 6.54 Å². The third-order valence-electron chi connectivity index (χ3n) is 5.37. The fourth-order valence-electron chi connectivity index (χ4n) is 3.63. The van der Waals surface area contributed by atoms with E-state index in [0.717, 1.165) is 28.2 Å². The lowest BCUT2D eigenvalue weighted by atomic mass is 10.1. The van der Waals surface area contributed by atoms with Crippen LogP contribution in [0.4, 0.5) is 10.5 Å². The van der Waals surface area contributed by atoms with Crippen LogP contribution in [-0.4, -0.2) is 15.5 Å². The zero-order valence-electron chi connectivity index (χ0n) is 15.4. The fourth-order valence-corrected chi connectivity index (χ4v) is 3.63. The molecule has 0 spiro atoms. The predicted octanol–water partition coefficient (Wildman–Crippen LogP) is 5.20. The van der Waals surface area contributed by atoms with Gasteiger partial charge in [-0.1, -0.05) is 30.3 Å². The van der Waals surface area contributed by atoms with E-state index < -0.39 is 0 Å². The lowest BCUT2D eigenvalue weighted by molar-refractivity contribution is 0.189. The summed E-state index contributed by atoms with van der Waals surface area (Å²) in [4.78, 5) is 15.0. The molecule has 0 fully saturated rings. The molecule has 0 saturated heterocycles. The number of aromatic nitrogens is 1. The van der Waals surface area contributed by atoms with Crippen LogP contribution in [0.2, 0.25) is 0 Å². The number of hydrogen-bond donors (Lipinski definition) is 1. The van der Waals surface area contributed by atoms with Gasteiger partial charge in [-0.2, -0.15) is 0 Å². The van der Waals surface area contributed by atoms with E-state index in [1.807, 2.05) is 42.2 Å². The summed E-state index contributed by atoms with van der Waals surface area (Å²) in [5, 5.41) is 3.11. The highest BCUT2D eigenvalue weighted by Gasteiger charge is 2.28. The standard InChI is InChI=1S/C22H23N3O/c1-15-8-6-10-19(16(15)2)23-22(26)25-14-18-9-4-5-11-21(18)24-13-7-12-20(24)17(25)3/h4-13,17H,14H2,1-3H3,(H,23,26)/t17-/m0/s1. The van der Waals surface area contributed by atoms with Crippen LogP contribution in [0, 0.1) is 13.8 Å². The molecule has 2 amide bonds. The summed E-state index contributed by atoms with van der Waals surface area (Å²) in [5.74, 6) is 0. The van der Waals surface area contributed by atoms with Crippen molar-refractivity contribution in [3.05, 3.63) is 83.2 Å². The monoisotopic (exact) mass is 345 g/mol. The molecular weight excluding hydrogens is 322 g/mol. The maximum Gasteiger partial charge on any atom is 0.322 e. The fraction of sp³-hybridized carbons (Fsp3) is 0.227. The SMILES string of the molecule is Cc1cccc(NC(=O)N2Cc3ccccc3-n3cccc3[C@@H]2C)c1C. The van der Waals surface area contributed by atoms with Crippen molar-refractivity contribution in [3.63, 3.8) is 0 Å². The summed E-state index contributed by atoms with van der Waals surface area (Å²) < 4.78 is 2.19. The Morgan fingerprint density at radius 1 is 1.04 bits per heavy atom. The number of benzene rings is 2. The van der Waals surface area contributed by atoms with E-state index in [2.05, 4.69) is 54.2 Å². The van der Waals surface area contributed by atoms with Gasteiger partial charge in [0, 0.05) is 17.6 Å². The average molecular weight is 345 g/mol. The first kappa shape index (κ1) is 16.5. The molecule has 0 radical (unpaired) electrons. The highest BCUT2D eigenvalue weighted by atomic mass is 16.2. The van der Waals surface area contributed by atoms with Gasteiger partial charge in [-0.25, -0.2) is 4.79 Å². The number of carbonyl (C=O) groups excluding carboxylic acids is 1. The average Bonchev–Trinajstić information content (AvgIpc) is 3.09. The van der Waals surface area contributed by atoms with Crippen LogP contribution >= 0.6 is 0 Å². The van der Waals surface area contributed by atoms with Gasteiger partial charge in [0.05, 0.1) is 18.3 Å². The molecule has 0 unspecified atom stereocenters. The van der Waals surface area contributed by atoms with Crippen LogP contribution in [0.1, 0.15) is 35.3 Å². The Morgan fingerprint density at radius 3 is 2.69 bits per heavy atom. The summed E-state index contributed by atoms with van der Waals surface area (Å²) in [6.45, 7) is 6.76. The Kier molecular flexibility index (Phi) is 4.03. The number of nitrogens with one attached hydrogen (secondary N) is 1. The van der Waals surface area contributed by atoms with Crippen LogP contribution in [0.3, 0.4) is 0 Å². The Hall–Kier alpha value is -3.01. The second kappa shape index (κ2) is 6.37. The normalized spacial score (nSPS) is 15.8. The Morgan fingerprint density at radius 2 is 1.85 bits per heavy atom. The predicted molar refractivity (Wildman–Crippen MR) is 105 cm³/mol. The van der Waals surface area contributed by atoms with Crippen molar-refractivity contribution >= 4 is 11.7 Å². The van der Waals surface area contributed by atoms with Crippen LogP contribution in [0.25, 0.3) is 5.69 Å². The molecule has 1 atom stereocenters. The van der Waals surface area contributed by atoms with E-state index in [1.54, 1.807) is 0 Å². The largest absolute Gasteiger partial charge is 0.322 e. The number of hydrogen-bond acceptors (Lipinski definition) is 1. The van der Waals surface area contributed by atoms with Crippen molar-refractivity contribution in [2.45, 2.75) is 33.4 Å². The first-order chi connectivity index (χ1) is 12.6. The van der Waals surface area contributed by atoms with Gasteiger partial charge >= 0.3 is 6.03 Å². The number of anilines is 1. The number of carbonyl (C=O) groups is 1. The summed E-state index contributed by atoms with van der Waals surface area (Å²) in [5.41, 5.74) is 6.55. The number of para-hydroxylation sites is 1. The van der Waals surface area contributed by atoms with Gasteiger partial charge in [-0.3, -0.25) is 0 Å². The number of fused-ring (bicyclic) bond motifs is 3. The third kappa shape index (κ3) is 2.68. The molecule has 3 aromatic rings. The summed E-state index contributed by atoms with van der Waals surface area (Å²) in [6, 6.07) is 18.3. The number of rotatable bonds is 1. The van der Waals surface area contributed by atoms with Gasteiger partial charge < -0.3 is 14.8 Å². The maximum atomic E-state index is 13.1. The van der Waals surface area contributed by atoms with Gasteiger partial charge in [-0.15, -0.1) is 0 Å². The minimum Gasteiger partial charge on any atom is -0.318 e. The van der Waals surface area contributed by atoms with Crippen molar-refractivity contribution in [1.29, 1.82) is 0 Å². The molecule has 0 saturated carbocycles. The first-order valence-corrected chi connectivity index (χ1v) is 8.95. The molecule has 2 heterocycles. The van der Waals surface area contributed by atoms with Crippen LogP contribution in [0.15, 0.2) is 60.8 Å². The van der Waals surface area contributed by atoms with Gasteiger partial charge in [0.1, 0.15) is 0 Å². The lowest BCUT2D eigenvalue weighted by Crippen LogP contribution is -2.36. The molecule has 1 aliphatic heterocycles. The van der Waals surface area contributed by atoms with Crippen molar-refractivity contribution in [3.8, 4) is 5.69 Å². The molecule has 4 nitrogen and oxygen atoms in total. The Labute approximate surface area is 154 Å². The molecular formula is C22H23N3O. The van der Waals surface area contributed by atoms with Gasteiger partial charge in [0.15, 0.2) is 0 Å². The van der Waals surface area contributed by atoms with Crippen LogP contribution < -0.4 is 5.32 Å². The topological polar surface area (TPSA) is 37.3 Å². The second-order valence-electron chi connectivity index (χ2n) is 6.91. The summed E-state index contributed by atoms with van der Waals surface area (Å²) in [7, 11) is 0. The Bertz CT molecular complexity index is 973. The minimum absolute atomic E-state index is 0.0254. The van der Waals surface area contributed by atoms with Crippen molar-refractivity contribution in [2.75, 3.05) is 5.32 Å². The van der Waals surface area contributed by atoms with E-state index >= 15 is 0 Å². The van der Waals surface area contributed by atoms with E-state index in [-0.39, 0.29) is 12.1 Å². The van der Waals surface area contributed by atoms with E-state index in [0.29, 0.717) is 6.54 Å². The van der Waals surface area contributed by atoms with Gasteiger partial charge in [-0.05, 0) is 61.7 Å². The minimum atomic E-state index is -0.0735. The molecule has 2 aromatic carbocycles. The lowest BCUT2D eigenvalue weighted by Gasteiger charge is -2.28. The van der Waals surface area contributed by atoms with E-state index in [4.69, 9.17) is 0 Å². The molecule has 1 aliphatic rings. The van der Waals surface area contributed by atoms with E-state index in [1.165, 1.54) is 5.56 Å². The number of aryl methyl sites for hydroxylation is 1. The first-order valence-electron chi connectivity index (χ1n) is 8.95. The molecule has 26 heavy (non-hydrogen) atoms. The van der Waals surface area contributed by atoms with Crippen LogP contribution in [0.5, 0.6) is 0 Å². The van der Waals surface area contributed by atoms with E-state index in [9.17, 15) is 4.79 Å². The van der Waals surface area contributed by atoms with Crippen molar-refractivity contribution < 1.29 is 4.79 Å². The number of nitrogens with zero attached hydrogens (tertiary/aromatic N) is 2. The molecule has 132 valence electrons. The molecule has 4 rings (SSSR count). The smallest absolute Gasteiger partial charge is 0.318 e. The molecule has 0 aliphatic carbocycles. The molecule has 1 aromatic heterocycles. The zero-order chi connectivity index (χ0) is 18.3. The highest BCUT2D eigenvalue weighted by Crippen LogP contribution is 2.32. The number of urea groups is 1.